The monoisotopic (exact) mass is 418 g/mol. The highest BCUT2D eigenvalue weighted by atomic mass is 16.5. The molecule has 1 saturated carbocycles. The Morgan fingerprint density at radius 2 is 1.97 bits per heavy atom. The summed E-state index contributed by atoms with van der Waals surface area (Å²) in [5.74, 6) is 1.38. The normalized spacial score (nSPS) is 24.5. The second kappa shape index (κ2) is 8.96. The van der Waals surface area contributed by atoms with Crippen molar-refractivity contribution in [2.24, 2.45) is 11.8 Å². The fraction of sp³-hybridized carbons (Fsp3) is 0.385. The van der Waals surface area contributed by atoms with E-state index in [0.717, 1.165) is 24.0 Å². The number of carbonyl (C=O) groups is 2. The SMILES string of the molecule is Cc1cccc(/C=C2/Oc3ccccc3N(CC(=O)N[C@@H]3CCC[C@H](C)[C@H]3C)C2=O)c1. The molecule has 0 bridgehead atoms. The maximum absolute atomic E-state index is 13.3. The molecule has 3 atom stereocenters. The lowest BCUT2D eigenvalue weighted by molar-refractivity contribution is -0.124. The molecule has 2 aromatic rings. The number of hydrogen-bond acceptors (Lipinski definition) is 3. The Kier molecular flexibility index (Phi) is 6.12. The van der Waals surface area contributed by atoms with Crippen LogP contribution in [0.4, 0.5) is 5.69 Å². The predicted molar refractivity (Wildman–Crippen MR) is 123 cm³/mol. The van der Waals surface area contributed by atoms with E-state index in [0.29, 0.717) is 23.3 Å². The summed E-state index contributed by atoms with van der Waals surface area (Å²) in [5.41, 5.74) is 2.61. The molecule has 0 spiro atoms. The minimum atomic E-state index is -0.305. The molecule has 31 heavy (non-hydrogen) atoms. The molecule has 1 N–H and O–H groups in total. The second-order valence-electron chi connectivity index (χ2n) is 8.83. The summed E-state index contributed by atoms with van der Waals surface area (Å²) in [6.07, 6.45) is 5.06. The number of carbonyl (C=O) groups excluding carboxylic acids is 2. The van der Waals surface area contributed by atoms with Crippen LogP contribution in [0, 0.1) is 18.8 Å². The molecule has 1 aliphatic carbocycles. The minimum absolute atomic E-state index is 0.0258. The minimum Gasteiger partial charge on any atom is -0.449 e. The summed E-state index contributed by atoms with van der Waals surface area (Å²) in [4.78, 5) is 27.7. The number of amides is 2. The third-order valence-corrected chi connectivity index (χ3v) is 6.53. The van der Waals surface area contributed by atoms with Crippen LogP contribution in [0.25, 0.3) is 6.08 Å². The van der Waals surface area contributed by atoms with E-state index in [2.05, 4.69) is 19.2 Å². The van der Waals surface area contributed by atoms with Gasteiger partial charge in [-0.25, -0.2) is 0 Å². The van der Waals surface area contributed by atoms with E-state index in [1.165, 1.54) is 11.3 Å². The summed E-state index contributed by atoms with van der Waals surface area (Å²) in [6, 6.07) is 15.4. The zero-order valence-electron chi connectivity index (χ0n) is 18.4. The number of aryl methyl sites for hydroxylation is 1. The fourth-order valence-corrected chi connectivity index (χ4v) is 4.51. The van der Waals surface area contributed by atoms with Crippen molar-refractivity contribution in [1.82, 2.24) is 5.32 Å². The Balaban J connectivity index is 1.57. The van der Waals surface area contributed by atoms with Crippen LogP contribution in [0.2, 0.25) is 0 Å². The maximum atomic E-state index is 13.3. The van der Waals surface area contributed by atoms with Crippen molar-refractivity contribution in [2.45, 2.75) is 46.1 Å². The van der Waals surface area contributed by atoms with Crippen LogP contribution in [0.3, 0.4) is 0 Å². The number of benzene rings is 2. The van der Waals surface area contributed by atoms with E-state index in [9.17, 15) is 9.59 Å². The van der Waals surface area contributed by atoms with Crippen molar-refractivity contribution < 1.29 is 14.3 Å². The van der Waals surface area contributed by atoms with Crippen molar-refractivity contribution in [3.63, 3.8) is 0 Å². The average molecular weight is 419 g/mol. The number of anilines is 1. The lowest BCUT2D eigenvalue weighted by atomic mass is 9.78. The summed E-state index contributed by atoms with van der Waals surface area (Å²) >= 11 is 0. The number of ether oxygens (including phenoxy) is 1. The summed E-state index contributed by atoms with van der Waals surface area (Å²) in [5, 5.41) is 3.18. The van der Waals surface area contributed by atoms with Gasteiger partial charge in [-0.2, -0.15) is 0 Å². The molecule has 4 rings (SSSR count). The Bertz CT molecular complexity index is 1010. The first-order chi connectivity index (χ1) is 14.9. The highest BCUT2D eigenvalue weighted by Crippen LogP contribution is 2.35. The largest absolute Gasteiger partial charge is 0.449 e. The van der Waals surface area contributed by atoms with Gasteiger partial charge >= 0.3 is 0 Å². The zero-order chi connectivity index (χ0) is 22.0. The van der Waals surface area contributed by atoms with Crippen LogP contribution >= 0.6 is 0 Å². The van der Waals surface area contributed by atoms with Crippen molar-refractivity contribution in [3.05, 3.63) is 65.4 Å². The van der Waals surface area contributed by atoms with Gasteiger partial charge in [-0.15, -0.1) is 0 Å². The molecule has 2 aromatic carbocycles. The Hall–Kier alpha value is -3.08. The van der Waals surface area contributed by atoms with E-state index >= 15 is 0 Å². The number of nitrogens with zero attached hydrogens (tertiary/aromatic N) is 1. The van der Waals surface area contributed by atoms with Gasteiger partial charge < -0.3 is 10.1 Å². The number of nitrogens with one attached hydrogen (secondary N) is 1. The van der Waals surface area contributed by atoms with Crippen LogP contribution in [-0.2, 0) is 9.59 Å². The Morgan fingerprint density at radius 1 is 1.16 bits per heavy atom. The first kappa shape index (κ1) is 21.2. The smallest absolute Gasteiger partial charge is 0.294 e. The first-order valence-corrected chi connectivity index (χ1v) is 11.1. The van der Waals surface area contributed by atoms with Crippen LogP contribution in [0.1, 0.15) is 44.2 Å². The van der Waals surface area contributed by atoms with E-state index < -0.39 is 0 Å². The van der Waals surface area contributed by atoms with Gasteiger partial charge in [0.05, 0.1) is 5.69 Å². The van der Waals surface area contributed by atoms with E-state index in [-0.39, 0.29) is 30.2 Å². The van der Waals surface area contributed by atoms with Gasteiger partial charge in [-0.05, 0) is 49.0 Å². The van der Waals surface area contributed by atoms with Gasteiger partial charge in [0.1, 0.15) is 6.54 Å². The van der Waals surface area contributed by atoms with Gasteiger partial charge in [0.15, 0.2) is 11.5 Å². The van der Waals surface area contributed by atoms with Gasteiger partial charge in [0, 0.05) is 6.04 Å². The molecule has 1 aliphatic heterocycles. The molecule has 0 unspecified atom stereocenters. The van der Waals surface area contributed by atoms with Crippen LogP contribution in [0.15, 0.2) is 54.3 Å². The van der Waals surface area contributed by atoms with Crippen molar-refractivity contribution in [1.29, 1.82) is 0 Å². The van der Waals surface area contributed by atoms with Crippen LogP contribution in [0.5, 0.6) is 5.75 Å². The second-order valence-corrected chi connectivity index (χ2v) is 8.83. The highest BCUT2D eigenvalue weighted by molar-refractivity contribution is 6.12. The first-order valence-electron chi connectivity index (χ1n) is 11.1. The molecule has 5 heteroatoms. The molecule has 1 heterocycles. The van der Waals surface area contributed by atoms with Crippen molar-refractivity contribution >= 4 is 23.6 Å². The average Bonchev–Trinajstić information content (AvgIpc) is 2.74. The molecular weight excluding hydrogens is 388 g/mol. The third-order valence-electron chi connectivity index (χ3n) is 6.53. The van der Waals surface area contributed by atoms with Crippen LogP contribution in [-0.4, -0.2) is 24.4 Å². The standard InChI is InChI=1S/C26H30N2O3/c1-17-8-6-10-20(14-17)15-24-26(30)28(22-12-4-5-13-23(22)31-24)16-25(29)27-21-11-7-9-18(2)19(21)3/h4-6,8,10,12-15,18-19,21H,7,9,11,16H2,1-3H3,(H,27,29)/b24-15+/t18-,19+,21+/m0/s1. The highest BCUT2D eigenvalue weighted by Gasteiger charge is 2.33. The molecule has 0 aromatic heterocycles. The summed E-state index contributed by atoms with van der Waals surface area (Å²) in [7, 11) is 0. The zero-order valence-corrected chi connectivity index (χ0v) is 18.4. The lowest BCUT2D eigenvalue weighted by Crippen LogP contribution is -2.49. The molecule has 5 nitrogen and oxygen atoms in total. The Morgan fingerprint density at radius 3 is 2.77 bits per heavy atom. The maximum Gasteiger partial charge on any atom is 0.294 e. The molecule has 0 saturated heterocycles. The summed E-state index contributed by atoms with van der Waals surface area (Å²) < 4.78 is 5.92. The fourth-order valence-electron chi connectivity index (χ4n) is 4.51. The number of rotatable bonds is 4. The summed E-state index contributed by atoms with van der Waals surface area (Å²) in [6.45, 7) is 6.42. The van der Waals surface area contributed by atoms with E-state index in [1.54, 1.807) is 6.08 Å². The van der Waals surface area contributed by atoms with Gasteiger partial charge in [0.2, 0.25) is 5.91 Å². The Labute approximate surface area is 184 Å². The predicted octanol–water partition coefficient (Wildman–Crippen LogP) is 4.70. The van der Waals surface area contributed by atoms with Gasteiger partial charge in [-0.1, -0.05) is 68.7 Å². The number of fused-ring (bicyclic) bond motifs is 1. The quantitative estimate of drug-likeness (QED) is 0.732. The lowest BCUT2D eigenvalue weighted by Gasteiger charge is -2.35. The molecule has 2 aliphatic rings. The molecule has 162 valence electrons. The molecule has 0 radical (unpaired) electrons. The topological polar surface area (TPSA) is 58.6 Å². The van der Waals surface area contributed by atoms with E-state index in [1.807, 2.05) is 55.5 Å². The van der Waals surface area contributed by atoms with Gasteiger partial charge in [-0.3, -0.25) is 14.5 Å². The van der Waals surface area contributed by atoms with Crippen molar-refractivity contribution in [2.75, 3.05) is 11.4 Å². The number of para-hydroxylation sites is 2. The number of hydrogen-bond donors (Lipinski definition) is 1. The van der Waals surface area contributed by atoms with Crippen LogP contribution < -0.4 is 15.0 Å². The van der Waals surface area contributed by atoms with Crippen molar-refractivity contribution in [3.8, 4) is 5.75 Å². The molecule has 1 fully saturated rings. The van der Waals surface area contributed by atoms with Gasteiger partial charge in [0.25, 0.3) is 5.91 Å². The molecule has 2 amide bonds. The van der Waals surface area contributed by atoms with E-state index in [4.69, 9.17) is 4.74 Å². The third kappa shape index (κ3) is 4.66. The molecular formula is C26H30N2O3.